The molecule has 0 aliphatic heterocycles. The SMILES string of the molecule is CCC(=O)CC(C)(C)O.Cc1nn2ccc(C(F)(F)F)cc2c1-c1ccc(F)cc1. The number of rotatable bonds is 4. The predicted molar refractivity (Wildman–Crippen MR) is 107 cm³/mol. The highest BCUT2D eigenvalue weighted by molar-refractivity contribution is 5.82. The van der Waals surface area contributed by atoms with Crippen LogP contribution in [0.5, 0.6) is 0 Å². The molecule has 1 N–H and O–H groups in total. The van der Waals surface area contributed by atoms with E-state index in [0.29, 0.717) is 28.8 Å². The van der Waals surface area contributed by atoms with E-state index in [2.05, 4.69) is 5.10 Å². The van der Waals surface area contributed by atoms with E-state index in [1.54, 1.807) is 27.7 Å². The van der Waals surface area contributed by atoms with Crippen LogP contribution in [0.25, 0.3) is 16.6 Å². The largest absolute Gasteiger partial charge is 0.416 e. The number of ketones is 1. The molecule has 0 radical (unpaired) electrons. The highest BCUT2D eigenvalue weighted by atomic mass is 19.4. The Morgan fingerprint density at radius 3 is 2.20 bits per heavy atom. The minimum absolute atomic E-state index is 0.113. The molecule has 0 saturated carbocycles. The summed E-state index contributed by atoms with van der Waals surface area (Å²) in [4.78, 5) is 10.7. The maximum Gasteiger partial charge on any atom is 0.416 e. The summed E-state index contributed by atoms with van der Waals surface area (Å²) in [5.41, 5.74) is 0.560. The van der Waals surface area contributed by atoms with Crippen LogP contribution in [0.15, 0.2) is 42.6 Å². The van der Waals surface area contributed by atoms with E-state index in [1.165, 1.54) is 35.0 Å². The standard InChI is InChI=1S/C15H10F4N2.C7H14O2/c1-9-14(10-2-4-12(16)5-3-10)13-8-11(15(17,18)19)6-7-21(13)20-9;1-4-6(8)5-7(2,3)9/h2-8H,1H3;9H,4-5H2,1-3H3. The topological polar surface area (TPSA) is 54.6 Å². The van der Waals surface area contributed by atoms with E-state index < -0.39 is 23.2 Å². The van der Waals surface area contributed by atoms with Crippen molar-refractivity contribution in [3.8, 4) is 11.1 Å². The molecule has 0 aliphatic carbocycles. The summed E-state index contributed by atoms with van der Waals surface area (Å²) in [6.07, 6.45) is -2.36. The van der Waals surface area contributed by atoms with Crippen molar-refractivity contribution in [1.29, 1.82) is 0 Å². The molecule has 0 amide bonds. The number of nitrogens with zero attached hydrogens (tertiary/aromatic N) is 2. The number of pyridine rings is 1. The molecule has 8 heteroatoms. The highest BCUT2D eigenvalue weighted by Crippen LogP contribution is 2.34. The fourth-order valence-corrected chi connectivity index (χ4v) is 2.92. The molecule has 3 aromatic rings. The average Bonchev–Trinajstić information content (AvgIpc) is 2.96. The number of hydrogen-bond donors (Lipinski definition) is 1. The number of halogens is 4. The third kappa shape index (κ3) is 6.13. The molecule has 0 saturated heterocycles. The summed E-state index contributed by atoms with van der Waals surface area (Å²) < 4.78 is 52.9. The molecule has 1 aromatic carbocycles. The lowest BCUT2D eigenvalue weighted by Crippen LogP contribution is -2.22. The number of carbonyl (C=O) groups is 1. The average molecular weight is 424 g/mol. The van der Waals surface area contributed by atoms with Gasteiger partial charge in [0.15, 0.2) is 0 Å². The van der Waals surface area contributed by atoms with Crippen LogP contribution in [0.1, 0.15) is 44.9 Å². The van der Waals surface area contributed by atoms with Crippen molar-refractivity contribution in [2.75, 3.05) is 0 Å². The van der Waals surface area contributed by atoms with Gasteiger partial charge in [0.25, 0.3) is 0 Å². The Morgan fingerprint density at radius 1 is 1.13 bits per heavy atom. The van der Waals surface area contributed by atoms with Crippen molar-refractivity contribution in [1.82, 2.24) is 9.61 Å². The first-order chi connectivity index (χ1) is 13.8. The molecule has 0 atom stereocenters. The van der Waals surface area contributed by atoms with Gasteiger partial charge in [-0.2, -0.15) is 18.3 Å². The number of aryl methyl sites for hydroxylation is 1. The number of carbonyl (C=O) groups excluding carboxylic acids is 1. The van der Waals surface area contributed by atoms with Crippen LogP contribution in [-0.4, -0.2) is 26.1 Å². The minimum atomic E-state index is -4.42. The summed E-state index contributed by atoms with van der Waals surface area (Å²) in [5, 5.41) is 13.3. The predicted octanol–water partition coefficient (Wildman–Crippen LogP) is 5.59. The van der Waals surface area contributed by atoms with E-state index in [0.717, 1.165) is 12.1 Å². The van der Waals surface area contributed by atoms with Crippen LogP contribution in [0.2, 0.25) is 0 Å². The first-order valence-corrected chi connectivity index (χ1v) is 9.38. The highest BCUT2D eigenvalue weighted by Gasteiger charge is 2.31. The van der Waals surface area contributed by atoms with Crippen molar-refractivity contribution < 1.29 is 27.5 Å². The molecule has 4 nitrogen and oxygen atoms in total. The van der Waals surface area contributed by atoms with E-state index in [9.17, 15) is 22.4 Å². The van der Waals surface area contributed by atoms with Gasteiger partial charge in [-0.15, -0.1) is 0 Å². The lowest BCUT2D eigenvalue weighted by atomic mass is 10.0. The zero-order chi connectivity index (χ0) is 22.7. The van der Waals surface area contributed by atoms with Crippen LogP contribution in [0, 0.1) is 12.7 Å². The number of fused-ring (bicyclic) bond motifs is 1. The fourth-order valence-electron chi connectivity index (χ4n) is 2.92. The van der Waals surface area contributed by atoms with Crippen LogP contribution < -0.4 is 0 Å². The Hall–Kier alpha value is -2.74. The zero-order valence-electron chi connectivity index (χ0n) is 17.2. The number of aliphatic hydroxyl groups is 1. The Balaban J connectivity index is 0.000000303. The quantitative estimate of drug-likeness (QED) is 0.555. The molecule has 2 heterocycles. The third-order valence-corrected chi connectivity index (χ3v) is 4.29. The van der Waals surface area contributed by atoms with Crippen molar-refractivity contribution in [2.45, 2.75) is 52.3 Å². The number of benzene rings is 1. The molecule has 162 valence electrons. The Kier molecular flexibility index (Phi) is 7.02. The Morgan fingerprint density at radius 2 is 1.73 bits per heavy atom. The summed E-state index contributed by atoms with van der Waals surface area (Å²) in [7, 11) is 0. The summed E-state index contributed by atoms with van der Waals surface area (Å²) in [5.74, 6) is -0.286. The van der Waals surface area contributed by atoms with Gasteiger partial charge in [-0.3, -0.25) is 4.79 Å². The van der Waals surface area contributed by atoms with Gasteiger partial charge in [0.2, 0.25) is 0 Å². The Bertz CT molecular complexity index is 1020. The number of Topliss-reactive ketones (excluding diaryl/α,β-unsaturated/α-hetero) is 1. The number of aromatic nitrogens is 2. The summed E-state index contributed by atoms with van der Waals surface area (Å²) in [6, 6.07) is 7.63. The molecular weight excluding hydrogens is 400 g/mol. The normalized spacial score (nSPS) is 11.9. The van der Waals surface area contributed by atoms with E-state index in [-0.39, 0.29) is 12.2 Å². The summed E-state index contributed by atoms with van der Waals surface area (Å²) in [6.45, 7) is 6.79. The Labute approximate surface area is 172 Å². The van der Waals surface area contributed by atoms with Crippen molar-refractivity contribution in [3.63, 3.8) is 0 Å². The fraction of sp³-hybridized carbons (Fsp3) is 0.364. The molecule has 2 aromatic heterocycles. The van der Waals surface area contributed by atoms with Gasteiger partial charge < -0.3 is 5.11 Å². The van der Waals surface area contributed by atoms with Crippen LogP contribution in [0.3, 0.4) is 0 Å². The maximum atomic E-state index is 13.0. The summed E-state index contributed by atoms with van der Waals surface area (Å²) >= 11 is 0. The molecule has 0 spiro atoms. The van der Waals surface area contributed by atoms with Gasteiger partial charge >= 0.3 is 6.18 Å². The molecule has 0 fully saturated rings. The van der Waals surface area contributed by atoms with Crippen LogP contribution in [-0.2, 0) is 11.0 Å². The van der Waals surface area contributed by atoms with Gasteiger partial charge in [0.05, 0.1) is 22.4 Å². The zero-order valence-corrected chi connectivity index (χ0v) is 17.2. The lowest BCUT2D eigenvalue weighted by molar-refractivity contribution is -0.137. The third-order valence-electron chi connectivity index (χ3n) is 4.29. The molecule has 0 bridgehead atoms. The van der Waals surface area contributed by atoms with Crippen molar-refractivity contribution in [3.05, 3.63) is 59.7 Å². The second-order valence-electron chi connectivity index (χ2n) is 7.59. The van der Waals surface area contributed by atoms with E-state index in [4.69, 9.17) is 5.11 Å². The van der Waals surface area contributed by atoms with Crippen molar-refractivity contribution in [2.24, 2.45) is 0 Å². The minimum Gasteiger partial charge on any atom is -0.390 e. The molecular formula is C22H24F4N2O2. The maximum absolute atomic E-state index is 13.0. The molecule has 0 unspecified atom stereocenters. The van der Waals surface area contributed by atoms with Gasteiger partial charge in [-0.25, -0.2) is 8.91 Å². The van der Waals surface area contributed by atoms with Gasteiger partial charge in [0.1, 0.15) is 11.6 Å². The van der Waals surface area contributed by atoms with Gasteiger partial charge in [0, 0.05) is 24.6 Å². The first-order valence-electron chi connectivity index (χ1n) is 9.38. The van der Waals surface area contributed by atoms with Crippen LogP contribution >= 0.6 is 0 Å². The van der Waals surface area contributed by atoms with Crippen molar-refractivity contribution >= 4 is 11.3 Å². The molecule has 30 heavy (non-hydrogen) atoms. The first kappa shape index (κ1) is 23.5. The molecule has 3 rings (SSSR count). The number of alkyl halides is 3. The van der Waals surface area contributed by atoms with Gasteiger partial charge in [-0.1, -0.05) is 19.1 Å². The number of hydrogen-bond acceptors (Lipinski definition) is 3. The smallest absolute Gasteiger partial charge is 0.390 e. The van der Waals surface area contributed by atoms with E-state index in [1.807, 2.05) is 0 Å². The second-order valence-corrected chi connectivity index (χ2v) is 7.59. The van der Waals surface area contributed by atoms with Crippen LogP contribution in [0.4, 0.5) is 17.6 Å². The van der Waals surface area contributed by atoms with E-state index >= 15 is 0 Å². The lowest BCUT2D eigenvalue weighted by Gasteiger charge is -2.14. The second kappa shape index (κ2) is 8.95. The molecule has 0 aliphatic rings. The monoisotopic (exact) mass is 424 g/mol. The van der Waals surface area contributed by atoms with Gasteiger partial charge in [-0.05, 0) is 50.6 Å².